The van der Waals surface area contributed by atoms with Gasteiger partial charge in [-0.05, 0) is 30.5 Å². The van der Waals surface area contributed by atoms with Gasteiger partial charge >= 0.3 is 0 Å². The van der Waals surface area contributed by atoms with Crippen LogP contribution in [0.5, 0.6) is 0 Å². The molecule has 1 unspecified atom stereocenters. The van der Waals surface area contributed by atoms with Gasteiger partial charge in [0.05, 0.1) is 0 Å². The number of hydrogen-bond acceptors (Lipinski definition) is 2. The van der Waals surface area contributed by atoms with Gasteiger partial charge in [0, 0.05) is 16.6 Å². The fourth-order valence-electron chi connectivity index (χ4n) is 2.02. The van der Waals surface area contributed by atoms with Crippen LogP contribution in [0.2, 0.25) is 5.02 Å². The van der Waals surface area contributed by atoms with Gasteiger partial charge in [-0.2, -0.15) is 0 Å². The molecule has 1 atom stereocenters. The number of halogens is 2. The fraction of sp³-hybridized carbons (Fsp3) is 0.538. The van der Waals surface area contributed by atoms with Gasteiger partial charge < -0.3 is 0 Å². The first-order chi connectivity index (χ1) is 8.12. The largest absolute Gasteiger partial charge is 0.271 e. The van der Waals surface area contributed by atoms with Crippen LogP contribution in [-0.2, 0) is 0 Å². The Morgan fingerprint density at radius 1 is 1.35 bits per heavy atom. The van der Waals surface area contributed by atoms with Crippen molar-refractivity contribution in [2.75, 3.05) is 0 Å². The zero-order valence-corrected chi connectivity index (χ0v) is 11.1. The van der Waals surface area contributed by atoms with Crippen LogP contribution in [0.1, 0.15) is 44.7 Å². The summed E-state index contributed by atoms with van der Waals surface area (Å²) < 4.78 is 13.7. The number of hydrazine groups is 1. The van der Waals surface area contributed by atoms with Crippen molar-refractivity contribution in [3.63, 3.8) is 0 Å². The third-order valence-corrected chi connectivity index (χ3v) is 3.49. The van der Waals surface area contributed by atoms with E-state index >= 15 is 0 Å². The van der Waals surface area contributed by atoms with Crippen molar-refractivity contribution in [1.29, 1.82) is 0 Å². The molecule has 0 fully saturated rings. The Hall–Kier alpha value is -0.640. The van der Waals surface area contributed by atoms with Crippen LogP contribution in [0, 0.1) is 11.7 Å². The minimum Gasteiger partial charge on any atom is -0.271 e. The predicted octanol–water partition coefficient (Wildman–Crippen LogP) is 3.81. The third kappa shape index (κ3) is 3.95. The molecule has 0 saturated heterocycles. The maximum absolute atomic E-state index is 13.7. The Morgan fingerprint density at radius 2 is 2.00 bits per heavy atom. The highest BCUT2D eigenvalue weighted by molar-refractivity contribution is 6.30. The maximum atomic E-state index is 13.7. The lowest BCUT2D eigenvalue weighted by atomic mass is 9.91. The van der Waals surface area contributed by atoms with E-state index in [0.29, 0.717) is 16.5 Å². The Labute approximate surface area is 107 Å². The lowest BCUT2D eigenvalue weighted by Crippen LogP contribution is -2.30. The van der Waals surface area contributed by atoms with Crippen molar-refractivity contribution in [3.05, 3.63) is 34.6 Å². The first-order valence-electron chi connectivity index (χ1n) is 6.03. The summed E-state index contributed by atoms with van der Waals surface area (Å²) in [6.07, 6.45) is 2.95. The molecular weight excluding hydrogens is 239 g/mol. The van der Waals surface area contributed by atoms with E-state index in [0.717, 1.165) is 19.3 Å². The van der Waals surface area contributed by atoms with E-state index in [9.17, 15) is 4.39 Å². The van der Waals surface area contributed by atoms with Crippen molar-refractivity contribution in [2.45, 2.75) is 39.2 Å². The molecule has 0 aliphatic carbocycles. The van der Waals surface area contributed by atoms with E-state index < -0.39 is 0 Å². The van der Waals surface area contributed by atoms with Gasteiger partial charge in [-0.15, -0.1) is 0 Å². The lowest BCUT2D eigenvalue weighted by Gasteiger charge is -2.22. The average Bonchev–Trinajstić information content (AvgIpc) is 2.34. The number of nitrogens with two attached hydrogens (primary N) is 1. The van der Waals surface area contributed by atoms with Gasteiger partial charge in [0.1, 0.15) is 5.82 Å². The second-order valence-electron chi connectivity index (χ2n) is 4.30. The fourth-order valence-corrected chi connectivity index (χ4v) is 2.20. The minimum atomic E-state index is -0.261. The lowest BCUT2D eigenvalue weighted by molar-refractivity contribution is 0.367. The number of hydrogen-bond donors (Lipinski definition) is 2. The Kier molecular flexibility index (Phi) is 5.89. The molecule has 1 rings (SSSR count). The summed E-state index contributed by atoms with van der Waals surface area (Å²) in [4.78, 5) is 0. The third-order valence-electron chi connectivity index (χ3n) is 3.26. The molecule has 3 N–H and O–H groups in total. The van der Waals surface area contributed by atoms with Crippen molar-refractivity contribution >= 4 is 11.6 Å². The van der Waals surface area contributed by atoms with Gasteiger partial charge in [-0.25, -0.2) is 4.39 Å². The van der Waals surface area contributed by atoms with Crippen LogP contribution in [-0.4, -0.2) is 0 Å². The molecule has 1 aromatic carbocycles. The Balaban J connectivity index is 2.89. The molecule has 0 spiro atoms. The molecule has 96 valence electrons. The van der Waals surface area contributed by atoms with E-state index in [1.165, 1.54) is 6.07 Å². The molecule has 0 aliphatic rings. The smallest absolute Gasteiger partial charge is 0.128 e. The average molecular weight is 259 g/mol. The molecule has 0 aliphatic heterocycles. The number of benzene rings is 1. The van der Waals surface area contributed by atoms with Crippen LogP contribution in [0.25, 0.3) is 0 Å². The standard InChI is InChI=1S/C13H20ClFN2/c1-3-9(4-2)7-13(17-16)11-8-10(14)5-6-12(11)15/h5-6,8-9,13,17H,3-4,7,16H2,1-2H3. The first-order valence-corrected chi connectivity index (χ1v) is 6.41. The number of nitrogens with one attached hydrogen (secondary N) is 1. The summed E-state index contributed by atoms with van der Waals surface area (Å²) in [5, 5.41) is 0.534. The van der Waals surface area contributed by atoms with Crippen molar-refractivity contribution in [1.82, 2.24) is 5.43 Å². The summed E-state index contributed by atoms with van der Waals surface area (Å²) in [7, 11) is 0. The van der Waals surface area contributed by atoms with E-state index in [4.69, 9.17) is 17.4 Å². The highest BCUT2D eigenvalue weighted by Crippen LogP contribution is 2.28. The topological polar surface area (TPSA) is 38.0 Å². The van der Waals surface area contributed by atoms with Crippen molar-refractivity contribution in [2.24, 2.45) is 11.8 Å². The van der Waals surface area contributed by atoms with Crippen LogP contribution < -0.4 is 11.3 Å². The van der Waals surface area contributed by atoms with Crippen molar-refractivity contribution < 1.29 is 4.39 Å². The summed E-state index contributed by atoms with van der Waals surface area (Å²) in [5.74, 6) is 5.80. The molecule has 0 radical (unpaired) electrons. The molecule has 1 aromatic rings. The molecule has 2 nitrogen and oxygen atoms in total. The van der Waals surface area contributed by atoms with Crippen LogP contribution in [0.3, 0.4) is 0 Å². The quantitative estimate of drug-likeness (QED) is 0.602. The summed E-state index contributed by atoms with van der Waals surface area (Å²) >= 11 is 5.89. The van der Waals surface area contributed by atoms with Gasteiger partial charge in [-0.3, -0.25) is 11.3 Å². The zero-order valence-electron chi connectivity index (χ0n) is 10.3. The summed E-state index contributed by atoms with van der Waals surface area (Å²) in [5.41, 5.74) is 3.23. The molecule has 0 bridgehead atoms. The van der Waals surface area contributed by atoms with E-state index in [1.54, 1.807) is 12.1 Å². The molecule has 17 heavy (non-hydrogen) atoms. The maximum Gasteiger partial charge on any atom is 0.128 e. The normalized spacial score (nSPS) is 13.1. The van der Waals surface area contributed by atoms with E-state index in [-0.39, 0.29) is 11.9 Å². The monoisotopic (exact) mass is 258 g/mol. The molecule has 0 amide bonds. The second-order valence-corrected chi connectivity index (χ2v) is 4.74. The summed E-state index contributed by atoms with van der Waals surface area (Å²) in [6.45, 7) is 4.27. The molecule has 0 aromatic heterocycles. The van der Waals surface area contributed by atoms with Gasteiger partial charge in [0.15, 0.2) is 0 Å². The van der Waals surface area contributed by atoms with Crippen LogP contribution >= 0.6 is 11.6 Å². The Morgan fingerprint density at radius 3 is 2.53 bits per heavy atom. The van der Waals surface area contributed by atoms with Gasteiger partial charge in [-0.1, -0.05) is 38.3 Å². The molecule has 0 heterocycles. The molecule has 4 heteroatoms. The van der Waals surface area contributed by atoms with Crippen LogP contribution in [0.4, 0.5) is 4.39 Å². The van der Waals surface area contributed by atoms with E-state index in [1.807, 2.05) is 0 Å². The zero-order chi connectivity index (χ0) is 12.8. The minimum absolute atomic E-state index is 0.182. The predicted molar refractivity (Wildman–Crippen MR) is 70.2 cm³/mol. The summed E-state index contributed by atoms with van der Waals surface area (Å²) in [6, 6.07) is 4.39. The van der Waals surface area contributed by atoms with Crippen LogP contribution in [0.15, 0.2) is 18.2 Å². The highest BCUT2D eigenvalue weighted by atomic mass is 35.5. The molecular formula is C13H20ClFN2. The van der Waals surface area contributed by atoms with Gasteiger partial charge in [0.25, 0.3) is 0 Å². The van der Waals surface area contributed by atoms with E-state index in [2.05, 4.69) is 19.3 Å². The first kappa shape index (κ1) is 14.4. The van der Waals surface area contributed by atoms with Crippen molar-refractivity contribution in [3.8, 4) is 0 Å². The number of rotatable bonds is 6. The molecule has 0 saturated carbocycles. The second kappa shape index (κ2) is 6.94. The SMILES string of the molecule is CCC(CC)CC(NN)c1cc(Cl)ccc1F. The highest BCUT2D eigenvalue weighted by Gasteiger charge is 2.18. The Bertz CT molecular complexity index is 353. The van der Waals surface area contributed by atoms with Gasteiger partial charge in [0.2, 0.25) is 0 Å².